The molecule has 2 heteroatoms. The van der Waals surface area contributed by atoms with Crippen LogP contribution < -0.4 is 20.7 Å². The molecule has 35 heavy (non-hydrogen) atoms. The molecule has 4 rings (SSSR count). The molecule has 0 aliphatic carbocycles. The van der Waals surface area contributed by atoms with Crippen LogP contribution in [-0.2, 0) is 6.16 Å². The van der Waals surface area contributed by atoms with Crippen LogP contribution in [-0.4, -0.2) is 6.61 Å². The molecule has 0 aromatic heterocycles. The summed E-state index contributed by atoms with van der Waals surface area (Å²) in [4.78, 5) is 0. The van der Waals surface area contributed by atoms with E-state index in [0.29, 0.717) is 0 Å². The van der Waals surface area contributed by atoms with Crippen molar-refractivity contribution in [2.45, 2.75) is 51.6 Å². The first-order valence-electron chi connectivity index (χ1n) is 13.1. The van der Waals surface area contributed by atoms with E-state index in [4.69, 9.17) is 4.74 Å². The predicted octanol–water partition coefficient (Wildman–Crippen LogP) is 7.92. The first kappa shape index (κ1) is 25.2. The van der Waals surface area contributed by atoms with E-state index in [1.807, 2.05) is 0 Å². The van der Waals surface area contributed by atoms with Gasteiger partial charge in [-0.15, -0.1) is 0 Å². The lowest BCUT2D eigenvalue weighted by atomic mass is 10.1. The van der Waals surface area contributed by atoms with Gasteiger partial charge in [-0.1, -0.05) is 118 Å². The van der Waals surface area contributed by atoms with Crippen LogP contribution in [0.5, 0.6) is 5.75 Å². The Kier molecular flexibility index (Phi) is 9.56. The van der Waals surface area contributed by atoms with Gasteiger partial charge in [-0.2, -0.15) is 0 Å². The normalized spacial score (nSPS) is 11.3. The third-order valence-electron chi connectivity index (χ3n) is 6.69. The summed E-state index contributed by atoms with van der Waals surface area (Å²) in [6, 6.07) is 41.9. The highest BCUT2D eigenvalue weighted by Gasteiger charge is 2.47. The maximum atomic E-state index is 6.56. The Bertz CT molecular complexity index is 1090. The summed E-state index contributed by atoms with van der Waals surface area (Å²) in [5.41, 5.74) is 1.36. The largest absolute Gasteiger partial charge is 0.489 e. The molecule has 4 aromatic rings. The van der Waals surface area contributed by atoms with E-state index in [1.165, 1.54) is 53.6 Å². The Morgan fingerprint density at radius 1 is 0.543 bits per heavy atom. The molecule has 0 amide bonds. The van der Waals surface area contributed by atoms with Crippen LogP contribution >= 0.6 is 7.26 Å². The van der Waals surface area contributed by atoms with E-state index in [0.717, 1.165) is 24.9 Å². The van der Waals surface area contributed by atoms with Crippen molar-refractivity contribution in [2.75, 3.05) is 6.61 Å². The van der Waals surface area contributed by atoms with E-state index in [1.54, 1.807) is 0 Å². The standard InChI is InChI=1S/C33H38OP/c1-2-3-4-5-6-18-27-34-32-25-16-17-26-33(32)35(30-21-12-8-13-22-30,31-23-14-9-15-24-31)28-29-19-10-7-11-20-29/h7-17,19-26H,2-6,18,27-28H2,1H3/q+1. The number of rotatable bonds is 13. The predicted molar refractivity (Wildman–Crippen MR) is 154 cm³/mol. The SMILES string of the molecule is CCCCCCCCOc1ccccc1[P+](Cc1ccccc1)(c1ccccc1)c1ccccc1. The molecule has 1 nitrogen and oxygen atoms in total. The third kappa shape index (κ3) is 6.41. The van der Waals surface area contributed by atoms with Crippen molar-refractivity contribution < 1.29 is 4.74 Å². The van der Waals surface area contributed by atoms with Gasteiger partial charge in [0.05, 0.1) is 12.8 Å². The fourth-order valence-corrected chi connectivity index (χ4v) is 9.24. The highest BCUT2D eigenvalue weighted by Crippen LogP contribution is 2.59. The second-order valence-electron chi connectivity index (χ2n) is 9.21. The molecule has 0 radical (unpaired) electrons. The fourth-order valence-electron chi connectivity index (χ4n) is 4.88. The van der Waals surface area contributed by atoms with E-state index in [2.05, 4.69) is 122 Å². The molecule has 0 atom stereocenters. The molecular weight excluding hydrogens is 443 g/mol. The molecular formula is C33H38OP+. The molecule has 0 spiro atoms. The molecule has 0 heterocycles. The molecule has 4 aromatic carbocycles. The molecule has 0 fully saturated rings. The third-order valence-corrected chi connectivity index (χ3v) is 11.1. The quantitative estimate of drug-likeness (QED) is 0.139. The maximum absolute atomic E-state index is 6.56. The topological polar surface area (TPSA) is 9.23 Å². The van der Waals surface area contributed by atoms with Crippen LogP contribution in [0.1, 0.15) is 51.0 Å². The van der Waals surface area contributed by atoms with Gasteiger partial charge in [0.15, 0.2) is 5.75 Å². The van der Waals surface area contributed by atoms with Gasteiger partial charge in [-0.3, -0.25) is 0 Å². The van der Waals surface area contributed by atoms with Crippen molar-refractivity contribution in [2.24, 2.45) is 0 Å². The summed E-state index contributed by atoms with van der Waals surface area (Å²) in [5.74, 6) is 1.04. The first-order valence-corrected chi connectivity index (χ1v) is 15.1. The molecule has 0 bridgehead atoms. The summed E-state index contributed by atoms with van der Waals surface area (Å²) >= 11 is 0. The van der Waals surface area contributed by atoms with Crippen LogP contribution in [0.2, 0.25) is 0 Å². The number of unbranched alkanes of at least 4 members (excludes halogenated alkanes) is 5. The fraction of sp³-hybridized carbons (Fsp3) is 0.273. The lowest BCUT2D eigenvalue weighted by Gasteiger charge is -2.29. The van der Waals surface area contributed by atoms with Crippen molar-refractivity contribution >= 4 is 23.2 Å². The summed E-state index contributed by atoms with van der Waals surface area (Å²) < 4.78 is 6.56. The monoisotopic (exact) mass is 481 g/mol. The lowest BCUT2D eigenvalue weighted by molar-refractivity contribution is 0.306. The van der Waals surface area contributed by atoms with E-state index in [-0.39, 0.29) is 0 Å². The van der Waals surface area contributed by atoms with Crippen molar-refractivity contribution in [3.05, 3.63) is 121 Å². The second kappa shape index (κ2) is 13.3. The van der Waals surface area contributed by atoms with Gasteiger partial charge in [-0.25, -0.2) is 0 Å². The molecule has 180 valence electrons. The summed E-state index contributed by atoms with van der Waals surface area (Å²) in [6.07, 6.45) is 8.58. The Labute approximate surface area is 212 Å². The zero-order chi connectivity index (χ0) is 24.2. The van der Waals surface area contributed by atoms with Gasteiger partial charge in [-0.05, 0) is 48.4 Å². The highest BCUT2D eigenvalue weighted by atomic mass is 31.2. The molecule has 0 saturated heterocycles. The van der Waals surface area contributed by atoms with Crippen LogP contribution in [0.4, 0.5) is 0 Å². The van der Waals surface area contributed by atoms with Gasteiger partial charge in [0.25, 0.3) is 0 Å². The van der Waals surface area contributed by atoms with Gasteiger partial charge >= 0.3 is 0 Å². The minimum atomic E-state index is -2.01. The Morgan fingerprint density at radius 3 is 1.69 bits per heavy atom. The number of ether oxygens (including phenoxy) is 1. The van der Waals surface area contributed by atoms with Crippen LogP contribution in [0.25, 0.3) is 0 Å². The van der Waals surface area contributed by atoms with E-state index >= 15 is 0 Å². The average molecular weight is 482 g/mol. The van der Waals surface area contributed by atoms with Crippen molar-refractivity contribution in [1.82, 2.24) is 0 Å². The molecule has 0 saturated carbocycles. The molecule has 0 aliphatic heterocycles. The summed E-state index contributed by atoms with van der Waals surface area (Å²) in [5, 5.41) is 4.13. The van der Waals surface area contributed by atoms with Crippen LogP contribution in [0.15, 0.2) is 115 Å². The van der Waals surface area contributed by atoms with Gasteiger partial charge in [0.1, 0.15) is 23.2 Å². The zero-order valence-corrected chi connectivity index (χ0v) is 21.9. The average Bonchev–Trinajstić information content (AvgIpc) is 2.93. The van der Waals surface area contributed by atoms with Crippen LogP contribution in [0.3, 0.4) is 0 Å². The molecule has 0 N–H and O–H groups in total. The Hall–Kier alpha value is -2.89. The number of hydrogen-bond donors (Lipinski definition) is 0. The minimum Gasteiger partial charge on any atom is -0.489 e. The lowest BCUT2D eigenvalue weighted by Crippen LogP contribution is -2.33. The summed E-state index contributed by atoms with van der Waals surface area (Å²) in [7, 11) is -2.01. The van der Waals surface area contributed by atoms with Crippen molar-refractivity contribution in [3.63, 3.8) is 0 Å². The van der Waals surface area contributed by atoms with Crippen molar-refractivity contribution in [1.29, 1.82) is 0 Å². The minimum absolute atomic E-state index is 0.776. The second-order valence-corrected chi connectivity index (χ2v) is 12.7. The first-order chi connectivity index (χ1) is 17.3. The smallest absolute Gasteiger partial charge is 0.162 e. The molecule has 0 unspecified atom stereocenters. The number of para-hydroxylation sites is 1. The van der Waals surface area contributed by atoms with Crippen LogP contribution in [0, 0.1) is 0 Å². The Morgan fingerprint density at radius 2 is 1.06 bits per heavy atom. The zero-order valence-electron chi connectivity index (χ0n) is 21.0. The molecule has 0 aliphatic rings. The van der Waals surface area contributed by atoms with Gasteiger partial charge < -0.3 is 4.74 Å². The van der Waals surface area contributed by atoms with E-state index < -0.39 is 7.26 Å². The highest BCUT2D eigenvalue weighted by molar-refractivity contribution is 7.95. The number of benzene rings is 4. The number of hydrogen-bond acceptors (Lipinski definition) is 1. The Balaban J connectivity index is 1.75. The van der Waals surface area contributed by atoms with E-state index in [9.17, 15) is 0 Å². The van der Waals surface area contributed by atoms with Crippen molar-refractivity contribution in [3.8, 4) is 5.75 Å². The maximum Gasteiger partial charge on any atom is 0.162 e. The summed E-state index contributed by atoms with van der Waals surface area (Å²) in [6.45, 7) is 3.04. The van der Waals surface area contributed by atoms with Gasteiger partial charge in [0, 0.05) is 0 Å². The van der Waals surface area contributed by atoms with Gasteiger partial charge in [0.2, 0.25) is 0 Å².